The Morgan fingerprint density at radius 1 is 1.43 bits per heavy atom. The summed E-state index contributed by atoms with van der Waals surface area (Å²) in [6.07, 6.45) is -0.0878. The minimum atomic E-state index is -0.935. The Bertz CT molecular complexity index is 549. The number of carbonyl (C=O) groups is 2. The summed E-state index contributed by atoms with van der Waals surface area (Å²) in [4.78, 5) is 24.2. The highest BCUT2D eigenvalue weighted by Gasteiger charge is 2.17. The van der Waals surface area contributed by atoms with Gasteiger partial charge < -0.3 is 15.3 Å². The van der Waals surface area contributed by atoms with E-state index in [-0.39, 0.29) is 25.0 Å². The zero-order valence-corrected chi connectivity index (χ0v) is 12.2. The van der Waals surface area contributed by atoms with Crippen LogP contribution in [0.5, 0.6) is 0 Å². The van der Waals surface area contributed by atoms with Crippen molar-refractivity contribution in [3.63, 3.8) is 0 Å². The van der Waals surface area contributed by atoms with Gasteiger partial charge in [0.1, 0.15) is 0 Å². The number of amides is 2. The lowest BCUT2D eigenvalue weighted by molar-refractivity contribution is -0.137. The van der Waals surface area contributed by atoms with Crippen LogP contribution < -0.4 is 5.32 Å². The van der Waals surface area contributed by atoms with Crippen LogP contribution in [0.15, 0.2) is 24.3 Å². The monoisotopic (exact) mass is 289 g/mol. The highest BCUT2D eigenvalue weighted by atomic mass is 16.4. The second-order valence-corrected chi connectivity index (χ2v) is 4.90. The van der Waals surface area contributed by atoms with Crippen molar-refractivity contribution >= 4 is 12.0 Å². The van der Waals surface area contributed by atoms with Crippen molar-refractivity contribution in [3.8, 4) is 6.07 Å². The normalized spacial score (nSPS) is 10.0. The van der Waals surface area contributed by atoms with Gasteiger partial charge in [-0.2, -0.15) is 5.26 Å². The zero-order chi connectivity index (χ0) is 15.8. The molecule has 0 saturated carbocycles. The van der Waals surface area contributed by atoms with Crippen LogP contribution in [0.1, 0.15) is 31.4 Å². The number of benzene rings is 1. The maximum absolute atomic E-state index is 12.1. The molecular weight excluding hydrogens is 270 g/mol. The van der Waals surface area contributed by atoms with Crippen molar-refractivity contribution in [2.75, 3.05) is 6.54 Å². The van der Waals surface area contributed by atoms with Crippen LogP contribution in [0.4, 0.5) is 4.79 Å². The molecule has 0 fully saturated rings. The van der Waals surface area contributed by atoms with Crippen LogP contribution in [0.3, 0.4) is 0 Å². The zero-order valence-electron chi connectivity index (χ0n) is 12.2. The maximum Gasteiger partial charge on any atom is 0.317 e. The molecule has 0 spiro atoms. The van der Waals surface area contributed by atoms with E-state index in [1.54, 1.807) is 18.2 Å². The summed E-state index contributed by atoms with van der Waals surface area (Å²) in [6.45, 7) is 4.12. The lowest BCUT2D eigenvalue weighted by atomic mass is 10.1. The first-order valence-electron chi connectivity index (χ1n) is 6.69. The molecule has 0 radical (unpaired) electrons. The van der Waals surface area contributed by atoms with Crippen LogP contribution in [-0.2, 0) is 11.3 Å². The predicted octanol–water partition coefficient (Wildman–Crippen LogP) is 1.95. The van der Waals surface area contributed by atoms with E-state index in [1.165, 1.54) is 4.90 Å². The summed E-state index contributed by atoms with van der Waals surface area (Å²) in [6, 6.07) is 8.61. The summed E-state index contributed by atoms with van der Waals surface area (Å²) < 4.78 is 0. The minimum Gasteiger partial charge on any atom is -0.481 e. The molecule has 0 aliphatic heterocycles. The predicted molar refractivity (Wildman–Crippen MR) is 77.5 cm³/mol. The smallest absolute Gasteiger partial charge is 0.317 e. The molecule has 6 heteroatoms. The highest BCUT2D eigenvalue weighted by Crippen LogP contribution is 2.05. The molecule has 1 rings (SSSR count). The summed E-state index contributed by atoms with van der Waals surface area (Å²) in [5, 5.41) is 20.3. The Morgan fingerprint density at radius 2 is 2.14 bits per heavy atom. The number of carbonyl (C=O) groups excluding carboxylic acids is 1. The van der Waals surface area contributed by atoms with E-state index in [4.69, 9.17) is 10.4 Å². The molecular formula is C15H19N3O3. The number of carboxylic acids is 1. The first-order chi connectivity index (χ1) is 9.93. The first-order valence-corrected chi connectivity index (χ1v) is 6.69. The number of nitrogens with one attached hydrogen (secondary N) is 1. The maximum atomic E-state index is 12.1. The van der Waals surface area contributed by atoms with E-state index >= 15 is 0 Å². The van der Waals surface area contributed by atoms with Crippen molar-refractivity contribution in [2.45, 2.75) is 32.9 Å². The van der Waals surface area contributed by atoms with E-state index < -0.39 is 5.97 Å². The van der Waals surface area contributed by atoms with Crippen molar-refractivity contribution in [2.24, 2.45) is 0 Å². The number of carboxylic acid groups (broad SMARTS) is 1. The molecule has 0 atom stereocenters. The number of rotatable bonds is 6. The fourth-order valence-corrected chi connectivity index (χ4v) is 1.84. The van der Waals surface area contributed by atoms with Crippen LogP contribution in [-0.4, -0.2) is 34.6 Å². The van der Waals surface area contributed by atoms with Gasteiger partial charge in [-0.25, -0.2) is 4.79 Å². The van der Waals surface area contributed by atoms with E-state index in [2.05, 4.69) is 5.32 Å². The topological polar surface area (TPSA) is 93.4 Å². The van der Waals surface area contributed by atoms with Crippen molar-refractivity contribution in [1.82, 2.24) is 10.2 Å². The largest absolute Gasteiger partial charge is 0.481 e. The van der Waals surface area contributed by atoms with Gasteiger partial charge in [-0.05, 0) is 31.5 Å². The van der Waals surface area contributed by atoms with Crippen molar-refractivity contribution < 1.29 is 14.7 Å². The SMILES string of the molecule is CC(C)N(CCC(=O)O)C(=O)NCc1cccc(C#N)c1. The fourth-order valence-electron chi connectivity index (χ4n) is 1.84. The van der Waals surface area contributed by atoms with Crippen LogP contribution in [0.25, 0.3) is 0 Å². The third kappa shape index (κ3) is 5.53. The fraction of sp³-hybridized carbons (Fsp3) is 0.400. The quantitative estimate of drug-likeness (QED) is 0.837. The second kappa shape index (κ2) is 7.90. The number of nitriles is 1. The lowest BCUT2D eigenvalue weighted by Crippen LogP contribution is -2.44. The molecule has 0 aliphatic carbocycles. The Hall–Kier alpha value is -2.55. The Morgan fingerprint density at radius 3 is 2.71 bits per heavy atom. The minimum absolute atomic E-state index is 0.0878. The standard InChI is InChI=1S/C15H19N3O3/c1-11(2)18(7-6-14(19)20)15(21)17-10-13-5-3-4-12(8-13)9-16/h3-5,8,11H,6-7,10H2,1-2H3,(H,17,21)(H,19,20). The summed E-state index contributed by atoms with van der Waals surface area (Å²) in [7, 11) is 0. The van der Waals surface area contributed by atoms with Gasteiger partial charge in [0.2, 0.25) is 0 Å². The van der Waals surface area contributed by atoms with Crippen molar-refractivity contribution in [3.05, 3.63) is 35.4 Å². The van der Waals surface area contributed by atoms with E-state index in [9.17, 15) is 9.59 Å². The summed E-state index contributed by atoms with van der Waals surface area (Å²) in [5.41, 5.74) is 1.36. The van der Waals surface area contributed by atoms with Crippen LogP contribution in [0, 0.1) is 11.3 Å². The van der Waals surface area contributed by atoms with Gasteiger partial charge in [-0.3, -0.25) is 4.79 Å². The molecule has 0 heterocycles. The average Bonchev–Trinajstić information content (AvgIpc) is 2.44. The van der Waals surface area contributed by atoms with Crippen molar-refractivity contribution in [1.29, 1.82) is 5.26 Å². The molecule has 21 heavy (non-hydrogen) atoms. The average molecular weight is 289 g/mol. The summed E-state index contributed by atoms with van der Waals surface area (Å²) >= 11 is 0. The molecule has 0 saturated heterocycles. The Balaban J connectivity index is 2.60. The third-order valence-corrected chi connectivity index (χ3v) is 2.95. The molecule has 0 aliphatic rings. The van der Waals surface area contributed by atoms with E-state index in [1.807, 2.05) is 26.0 Å². The highest BCUT2D eigenvalue weighted by molar-refractivity contribution is 5.75. The summed E-state index contributed by atoms with van der Waals surface area (Å²) in [5.74, 6) is -0.935. The van der Waals surface area contributed by atoms with E-state index in [0.717, 1.165) is 5.56 Å². The van der Waals surface area contributed by atoms with Gasteiger partial charge in [-0.1, -0.05) is 12.1 Å². The number of hydrogen-bond donors (Lipinski definition) is 2. The molecule has 2 N–H and O–H groups in total. The van der Waals surface area contributed by atoms with Gasteiger partial charge in [0.25, 0.3) is 0 Å². The third-order valence-electron chi connectivity index (χ3n) is 2.95. The molecule has 0 aromatic heterocycles. The number of hydrogen-bond acceptors (Lipinski definition) is 3. The molecule has 1 aromatic carbocycles. The van der Waals surface area contributed by atoms with Crippen LogP contribution in [0.2, 0.25) is 0 Å². The number of urea groups is 1. The van der Waals surface area contributed by atoms with Gasteiger partial charge >= 0.3 is 12.0 Å². The van der Waals surface area contributed by atoms with E-state index in [0.29, 0.717) is 12.1 Å². The molecule has 1 aromatic rings. The van der Waals surface area contributed by atoms with Gasteiger partial charge in [0.05, 0.1) is 18.1 Å². The lowest BCUT2D eigenvalue weighted by Gasteiger charge is -2.26. The van der Waals surface area contributed by atoms with Crippen LogP contribution >= 0.6 is 0 Å². The molecule has 2 amide bonds. The van der Waals surface area contributed by atoms with Gasteiger partial charge in [0.15, 0.2) is 0 Å². The Kier molecular flexibility index (Phi) is 6.21. The molecule has 112 valence electrons. The van der Waals surface area contributed by atoms with Gasteiger partial charge in [-0.15, -0.1) is 0 Å². The molecule has 0 bridgehead atoms. The number of nitrogens with zero attached hydrogens (tertiary/aromatic N) is 2. The number of aliphatic carboxylic acids is 1. The molecule has 6 nitrogen and oxygen atoms in total. The molecule has 0 unspecified atom stereocenters. The Labute approximate surface area is 124 Å². The van der Waals surface area contributed by atoms with Gasteiger partial charge in [0, 0.05) is 19.1 Å². The first kappa shape index (κ1) is 16.5. The second-order valence-electron chi connectivity index (χ2n) is 4.90.